The van der Waals surface area contributed by atoms with Crippen molar-refractivity contribution in [2.45, 2.75) is 6.42 Å². The average Bonchev–Trinajstić information content (AvgIpc) is 2.62. The Labute approximate surface area is 162 Å². The van der Waals surface area contributed by atoms with Gasteiger partial charge in [-0.3, -0.25) is 5.32 Å². The van der Waals surface area contributed by atoms with Crippen LogP contribution in [0.25, 0.3) is 0 Å². The van der Waals surface area contributed by atoms with E-state index in [1.54, 1.807) is 12.2 Å². The molecule has 0 saturated carbocycles. The molecule has 138 valence electrons. The second-order valence-electron chi connectivity index (χ2n) is 5.28. The maximum atomic E-state index is 14.2. The minimum absolute atomic E-state index is 0.00827. The molecule has 1 aromatic heterocycles. The second-order valence-corrected chi connectivity index (χ2v) is 6.20. The van der Waals surface area contributed by atoms with E-state index in [1.165, 1.54) is 18.3 Å². The van der Waals surface area contributed by atoms with Crippen molar-refractivity contribution in [3.63, 3.8) is 0 Å². The number of nitriles is 1. The number of ether oxygens (including phenoxy) is 2. The highest BCUT2D eigenvalue weighted by atomic mass is 79.9. The number of amides is 2. The van der Waals surface area contributed by atoms with Crippen LogP contribution in [0.4, 0.5) is 20.7 Å². The first-order valence-corrected chi connectivity index (χ1v) is 8.61. The molecule has 0 fully saturated rings. The van der Waals surface area contributed by atoms with E-state index in [0.717, 1.165) is 0 Å². The van der Waals surface area contributed by atoms with Gasteiger partial charge in [0.25, 0.3) is 5.88 Å². The lowest BCUT2D eigenvalue weighted by Crippen LogP contribution is -2.21. The molecule has 2 bridgehead atoms. The van der Waals surface area contributed by atoms with Gasteiger partial charge < -0.3 is 14.8 Å². The van der Waals surface area contributed by atoms with Crippen LogP contribution in [-0.2, 0) is 0 Å². The molecule has 1 aliphatic heterocycles. The number of benzene rings is 1. The van der Waals surface area contributed by atoms with Gasteiger partial charge in [0.1, 0.15) is 12.7 Å². The van der Waals surface area contributed by atoms with Gasteiger partial charge in [-0.1, -0.05) is 28.1 Å². The molecular formula is C17H13BrFN5O3. The number of halogens is 2. The van der Waals surface area contributed by atoms with Crippen molar-refractivity contribution in [2.24, 2.45) is 0 Å². The Morgan fingerprint density at radius 2 is 2.11 bits per heavy atom. The number of hydrogen-bond acceptors (Lipinski definition) is 6. The van der Waals surface area contributed by atoms with Gasteiger partial charge in [0.2, 0.25) is 5.69 Å². The van der Waals surface area contributed by atoms with Crippen LogP contribution in [0.2, 0.25) is 0 Å². The summed E-state index contributed by atoms with van der Waals surface area (Å²) in [5, 5.41) is 14.0. The molecule has 10 heteroatoms. The number of nitrogens with zero attached hydrogens (tertiary/aromatic N) is 3. The number of fused-ring (bicyclic) bond motifs is 3. The van der Waals surface area contributed by atoms with Crippen LogP contribution in [0.5, 0.6) is 11.6 Å². The Morgan fingerprint density at radius 1 is 1.26 bits per heavy atom. The first kappa shape index (κ1) is 18.6. The van der Waals surface area contributed by atoms with Gasteiger partial charge in [0.05, 0.1) is 18.5 Å². The lowest BCUT2D eigenvalue weighted by molar-refractivity contribution is 0.261. The molecule has 27 heavy (non-hydrogen) atoms. The number of carbonyl (C=O) groups is 1. The molecule has 2 aromatic rings. The minimum Gasteiger partial charge on any atom is -0.484 e. The molecule has 0 aliphatic carbocycles. The van der Waals surface area contributed by atoms with E-state index in [0.29, 0.717) is 10.9 Å². The van der Waals surface area contributed by atoms with E-state index >= 15 is 0 Å². The van der Waals surface area contributed by atoms with Gasteiger partial charge in [0, 0.05) is 4.47 Å². The van der Waals surface area contributed by atoms with Crippen LogP contribution in [0.1, 0.15) is 12.1 Å². The molecule has 0 unspecified atom stereocenters. The standard InChI is InChI=1S/C17H13BrFN5O3/c18-10-6-11(19)15-12(7-10)22-17(25)24-14-9-21-13(8-20)16(23-14)27-5-3-1-2-4-26-15/h1-2,6-7,9H,3-5H2,(H2,22,23,24,25)/b2-1-. The number of aromatic nitrogens is 2. The number of anilines is 2. The molecule has 2 amide bonds. The molecule has 8 nitrogen and oxygen atoms in total. The predicted molar refractivity (Wildman–Crippen MR) is 98.2 cm³/mol. The Kier molecular flexibility index (Phi) is 5.83. The van der Waals surface area contributed by atoms with Gasteiger partial charge in [0.15, 0.2) is 17.4 Å². The minimum atomic E-state index is -0.687. The fraction of sp³-hybridized carbons (Fsp3) is 0.176. The Hall–Kier alpha value is -3.19. The molecule has 3 rings (SSSR count). The van der Waals surface area contributed by atoms with Crippen molar-refractivity contribution >= 4 is 33.5 Å². The lowest BCUT2D eigenvalue weighted by atomic mass is 10.3. The monoisotopic (exact) mass is 433 g/mol. The number of nitrogens with one attached hydrogen (secondary N) is 2. The van der Waals surface area contributed by atoms with Crippen molar-refractivity contribution < 1.29 is 18.7 Å². The first-order chi connectivity index (χ1) is 13.1. The van der Waals surface area contributed by atoms with Crippen molar-refractivity contribution in [1.82, 2.24) is 9.97 Å². The highest BCUT2D eigenvalue weighted by molar-refractivity contribution is 9.10. The molecule has 2 N–H and O–H groups in total. The van der Waals surface area contributed by atoms with E-state index in [4.69, 9.17) is 14.7 Å². The van der Waals surface area contributed by atoms with Crippen LogP contribution >= 0.6 is 15.9 Å². The lowest BCUT2D eigenvalue weighted by Gasteiger charge is -2.13. The Balaban J connectivity index is 1.94. The van der Waals surface area contributed by atoms with Crippen LogP contribution in [-0.4, -0.2) is 29.2 Å². The summed E-state index contributed by atoms with van der Waals surface area (Å²) in [4.78, 5) is 20.3. The van der Waals surface area contributed by atoms with Gasteiger partial charge in [-0.2, -0.15) is 10.2 Å². The summed E-state index contributed by atoms with van der Waals surface area (Å²) in [6.45, 7) is 0.346. The third-order valence-corrected chi connectivity index (χ3v) is 3.82. The first-order valence-electron chi connectivity index (χ1n) is 7.81. The van der Waals surface area contributed by atoms with Crippen LogP contribution < -0.4 is 20.1 Å². The van der Waals surface area contributed by atoms with E-state index in [9.17, 15) is 9.18 Å². The molecule has 1 aromatic carbocycles. The summed E-state index contributed by atoms with van der Waals surface area (Å²) in [6, 6.07) is 3.94. The normalized spacial score (nSPS) is 15.4. The molecule has 0 spiro atoms. The highest BCUT2D eigenvalue weighted by Crippen LogP contribution is 2.32. The summed E-state index contributed by atoms with van der Waals surface area (Å²) in [5.41, 5.74) is 0.148. The highest BCUT2D eigenvalue weighted by Gasteiger charge is 2.16. The Bertz CT molecular complexity index is 945. The van der Waals surface area contributed by atoms with Crippen molar-refractivity contribution in [1.29, 1.82) is 5.26 Å². The fourth-order valence-corrected chi connectivity index (χ4v) is 2.65. The van der Waals surface area contributed by atoms with Gasteiger partial charge in [-0.25, -0.2) is 14.2 Å². The fourth-order valence-electron chi connectivity index (χ4n) is 2.22. The zero-order valence-electron chi connectivity index (χ0n) is 13.8. The third kappa shape index (κ3) is 4.71. The molecule has 0 atom stereocenters. The number of hydrogen-bond donors (Lipinski definition) is 2. The summed E-state index contributed by atoms with van der Waals surface area (Å²) in [7, 11) is 0. The largest absolute Gasteiger partial charge is 0.484 e. The number of rotatable bonds is 0. The Morgan fingerprint density at radius 3 is 2.93 bits per heavy atom. The average molecular weight is 434 g/mol. The summed E-state index contributed by atoms with van der Waals surface area (Å²) >= 11 is 3.18. The smallest absolute Gasteiger partial charge is 0.325 e. The molecule has 0 radical (unpaired) electrons. The summed E-state index contributed by atoms with van der Waals surface area (Å²) in [5.74, 6) is -0.620. The summed E-state index contributed by atoms with van der Waals surface area (Å²) in [6.07, 6.45) is 5.22. The van der Waals surface area contributed by atoms with Crippen LogP contribution in [0.15, 0.2) is 35.0 Å². The van der Waals surface area contributed by atoms with E-state index in [-0.39, 0.29) is 42.0 Å². The summed E-state index contributed by atoms with van der Waals surface area (Å²) < 4.78 is 25.6. The maximum Gasteiger partial charge on any atom is 0.325 e. The topological polar surface area (TPSA) is 109 Å². The molecule has 0 saturated heterocycles. The maximum absolute atomic E-state index is 14.2. The molecule has 2 heterocycles. The van der Waals surface area contributed by atoms with Crippen molar-refractivity contribution in [3.8, 4) is 17.7 Å². The zero-order chi connectivity index (χ0) is 19.2. The zero-order valence-corrected chi connectivity index (χ0v) is 15.4. The second kappa shape index (κ2) is 8.46. The van der Waals surface area contributed by atoms with Gasteiger partial charge in [-0.15, -0.1) is 0 Å². The van der Waals surface area contributed by atoms with E-state index in [2.05, 4.69) is 36.5 Å². The van der Waals surface area contributed by atoms with Crippen molar-refractivity contribution in [2.75, 3.05) is 23.8 Å². The van der Waals surface area contributed by atoms with E-state index in [1.807, 2.05) is 6.07 Å². The predicted octanol–water partition coefficient (Wildman–Crippen LogP) is 3.61. The quantitative estimate of drug-likeness (QED) is 0.614. The van der Waals surface area contributed by atoms with Gasteiger partial charge >= 0.3 is 6.03 Å². The molecular weight excluding hydrogens is 421 g/mol. The third-order valence-electron chi connectivity index (χ3n) is 3.36. The molecule has 1 aliphatic rings. The number of carbonyl (C=O) groups excluding carboxylic acids is 1. The SMILES string of the molecule is N#Cc1ncc2nc1OCC/C=C\COc1c(F)cc(Br)cc1NC(=O)N2. The van der Waals surface area contributed by atoms with Crippen LogP contribution in [0.3, 0.4) is 0 Å². The van der Waals surface area contributed by atoms with Crippen LogP contribution in [0, 0.1) is 17.1 Å². The van der Waals surface area contributed by atoms with Gasteiger partial charge in [-0.05, 0) is 18.6 Å². The van der Waals surface area contributed by atoms with Crippen molar-refractivity contribution in [3.05, 3.63) is 46.5 Å². The van der Waals surface area contributed by atoms with E-state index < -0.39 is 11.8 Å². The number of urea groups is 1.